The Morgan fingerprint density at radius 1 is 1.00 bits per heavy atom. The van der Waals surface area contributed by atoms with E-state index < -0.39 is 0 Å². The Morgan fingerprint density at radius 3 is 2.27 bits per heavy atom. The Kier molecular flexibility index (Phi) is 7.36. The topological polar surface area (TPSA) is 88.0 Å². The summed E-state index contributed by atoms with van der Waals surface area (Å²) in [5, 5.41) is 2.83. The highest BCUT2D eigenvalue weighted by Crippen LogP contribution is 2.10. The quantitative estimate of drug-likeness (QED) is 0.539. The lowest BCUT2D eigenvalue weighted by atomic mass is 10.0. The van der Waals surface area contributed by atoms with Crippen molar-refractivity contribution in [2.24, 2.45) is 5.73 Å². The summed E-state index contributed by atoms with van der Waals surface area (Å²) in [7, 11) is 0. The number of carbonyl (C=O) groups is 2. The molecular weight excluding hydrogens is 302 g/mol. The molecule has 0 fully saturated rings. The van der Waals surface area contributed by atoms with E-state index in [1.54, 1.807) is 42.7 Å². The number of hydrogen-bond donors (Lipinski definition) is 3. The van der Waals surface area contributed by atoms with Gasteiger partial charge in [0.2, 0.25) is 0 Å². The Hall–Kier alpha value is -2.11. The van der Waals surface area contributed by atoms with Crippen LogP contribution >= 0.6 is 12.4 Å². The first kappa shape index (κ1) is 17.9. The summed E-state index contributed by atoms with van der Waals surface area (Å²) in [6, 6.07) is 8.39. The lowest BCUT2D eigenvalue weighted by molar-refractivity contribution is 0.0951. The van der Waals surface area contributed by atoms with Gasteiger partial charge in [0.15, 0.2) is 5.78 Å². The Morgan fingerprint density at radius 2 is 1.68 bits per heavy atom. The van der Waals surface area contributed by atoms with Crippen molar-refractivity contribution in [3.8, 4) is 0 Å². The van der Waals surface area contributed by atoms with Gasteiger partial charge < -0.3 is 16.0 Å². The van der Waals surface area contributed by atoms with E-state index in [0.29, 0.717) is 29.8 Å². The number of aromatic nitrogens is 1. The third-order valence-corrected chi connectivity index (χ3v) is 3.19. The van der Waals surface area contributed by atoms with E-state index >= 15 is 0 Å². The number of amides is 1. The largest absolute Gasteiger partial charge is 0.367 e. The second-order valence-corrected chi connectivity index (χ2v) is 4.76. The van der Waals surface area contributed by atoms with Crippen molar-refractivity contribution in [2.45, 2.75) is 12.8 Å². The summed E-state index contributed by atoms with van der Waals surface area (Å²) in [5.74, 6) is -0.196. The molecule has 0 aliphatic heterocycles. The molecule has 0 aliphatic rings. The second kappa shape index (κ2) is 9.02. The smallest absolute Gasteiger partial charge is 0.251 e. The van der Waals surface area contributed by atoms with E-state index in [9.17, 15) is 9.59 Å². The Balaban J connectivity index is 0.00000242. The fourth-order valence-corrected chi connectivity index (χ4v) is 1.98. The molecule has 0 bridgehead atoms. The van der Waals surface area contributed by atoms with Crippen LogP contribution in [0.3, 0.4) is 0 Å². The number of nitrogens with two attached hydrogens (primary N) is 1. The summed E-state index contributed by atoms with van der Waals surface area (Å²) >= 11 is 0. The van der Waals surface area contributed by atoms with Crippen LogP contribution in [-0.2, 0) is 0 Å². The van der Waals surface area contributed by atoms with Crippen molar-refractivity contribution >= 4 is 24.1 Å². The maximum absolute atomic E-state index is 12.1. The molecule has 22 heavy (non-hydrogen) atoms. The molecule has 4 N–H and O–H groups in total. The average molecular weight is 322 g/mol. The zero-order chi connectivity index (χ0) is 15.1. The molecule has 0 atom stereocenters. The number of benzene rings is 1. The molecule has 0 spiro atoms. The molecule has 1 amide bonds. The number of unbranched alkanes of at least 4 members (excludes halogenated alkanes) is 1. The summed E-state index contributed by atoms with van der Waals surface area (Å²) in [5.41, 5.74) is 7.11. The molecule has 1 aromatic heterocycles. The van der Waals surface area contributed by atoms with E-state index in [-0.39, 0.29) is 24.1 Å². The van der Waals surface area contributed by atoms with Crippen molar-refractivity contribution in [2.75, 3.05) is 13.1 Å². The number of halogens is 1. The molecule has 5 nitrogen and oxygen atoms in total. The Labute approximate surface area is 135 Å². The highest BCUT2D eigenvalue weighted by molar-refractivity contribution is 6.09. The van der Waals surface area contributed by atoms with Gasteiger partial charge in [-0.25, -0.2) is 0 Å². The first-order valence-electron chi connectivity index (χ1n) is 6.98. The normalized spacial score (nSPS) is 9.86. The van der Waals surface area contributed by atoms with Crippen LogP contribution in [0.5, 0.6) is 0 Å². The van der Waals surface area contributed by atoms with Gasteiger partial charge in [-0.1, -0.05) is 12.1 Å². The highest BCUT2D eigenvalue weighted by atomic mass is 35.5. The van der Waals surface area contributed by atoms with Crippen LogP contribution in [0.2, 0.25) is 0 Å². The summed E-state index contributed by atoms with van der Waals surface area (Å²) < 4.78 is 0. The van der Waals surface area contributed by atoms with Crippen LogP contribution in [-0.4, -0.2) is 29.8 Å². The van der Waals surface area contributed by atoms with Gasteiger partial charge in [0.1, 0.15) is 0 Å². The molecule has 1 aromatic carbocycles. The number of ketones is 1. The fourth-order valence-electron chi connectivity index (χ4n) is 1.98. The molecule has 2 aromatic rings. The Bertz CT molecular complexity index is 594. The molecule has 2 rings (SSSR count). The van der Waals surface area contributed by atoms with Crippen LogP contribution in [0.1, 0.15) is 39.1 Å². The number of hydrogen-bond acceptors (Lipinski definition) is 3. The van der Waals surface area contributed by atoms with Gasteiger partial charge in [0, 0.05) is 35.6 Å². The lowest BCUT2D eigenvalue weighted by Gasteiger charge is -2.05. The summed E-state index contributed by atoms with van der Waals surface area (Å²) in [4.78, 5) is 26.8. The monoisotopic (exact) mass is 321 g/mol. The molecule has 0 aliphatic carbocycles. The SMILES string of the molecule is Cl.NCCCCNC(=O)c1ccc(C(=O)c2cc[nH]c2)cc1. The lowest BCUT2D eigenvalue weighted by Crippen LogP contribution is -2.24. The fraction of sp³-hybridized carbons (Fsp3) is 0.250. The molecule has 6 heteroatoms. The van der Waals surface area contributed by atoms with Gasteiger partial charge in [-0.05, 0) is 37.6 Å². The molecule has 1 heterocycles. The van der Waals surface area contributed by atoms with Gasteiger partial charge in [-0.2, -0.15) is 0 Å². The number of nitrogens with one attached hydrogen (secondary N) is 2. The zero-order valence-electron chi connectivity index (χ0n) is 12.2. The molecule has 0 radical (unpaired) electrons. The van der Waals surface area contributed by atoms with Crippen LogP contribution < -0.4 is 11.1 Å². The molecule has 0 saturated heterocycles. The first-order valence-corrected chi connectivity index (χ1v) is 6.98. The average Bonchev–Trinajstić information content (AvgIpc) is 3.05. The van der Waals surface area contributed by atoms with Gasteiger partial charge in [0.05, 0.1) is 0 Å². The minimum absolute atomic E-state index is 0. The van der Waals surface area contributed by atoms with Crippen molar-refractivity contribution in [3.63, 3.8) is 0 Å². The van der Waals surface area contributed by atoms with E-state index in [1.807, 2.05) is 0 Å². The van der Waals surface area contributed by atoms with Crippen molar-refractivity contribution in [1.29, 1.82) is 0 Å². The number of carbonyl (C=O) groups excluding carboxylic acids is 2. The minimum atomic E-state index is -0.132. The predicted molar refractivity (Wildman–Crippen MR) is 88.5 cm³/mol. The minimum Gasteiger partial charge on any atom is -0.367 e. The molecule has 118 valence electrons. The first-order chi connectivity index (χ1) is 10.2. The molecule has 0 saturated carbocycles. The van der Waals surface area contributed by atoms with Crippen LogP contribution in [0, 0.1) is 0 Å². The zero-order valence-corrected chi connectivity index (χ0v) is 13.0. The number of H-pyrrole nitrogens is 1. The predicted octanol–water partition coefficient (Wildman–Crippen LogP) is 2.14. The molecular formula is C16H20ClN3O2. The van der Waals surface area contributed by atoms with Gasteiger partial charge in [-0.15, -0.1) is 12.4 Å². The van der Waals surface area contributed by atoms with Crippen LogP contribution in [0.25, 0.3) is 0 Å². The highest BCUT2D eigenvalue weighted by Gasteiger charge is 2.10. The summed E-state index contributed by atoms with van der Waals surface area (Å²) in [6.07, 6.45) is 5.12. The van der Waals surface area contributed by atoms with E-state index in [4.69, 9.17) is 5.73 Å². The van der Waals surface area contributed by atoms with Crippen molar-refractivity contribution in [3.05, 3.63) is 59.4 Å². The number of rotatable bonds is 7. The molecule has 0 unspecified atom stereocenters. The standard InChI is InChI=1S/C16H19N3O2.ClH/c17-8-1-2-9-19-16(21)13-5-3-12(4-6-13)15(20)14-7-10-18-11-14;/h3-7,10-11,18H,1-2,8-9,17H2,(H,19,21);1H. The third-order valence-electron chi connectivity index (χ3n) is 3.19. The summed E-state index contributed by atoms with van der Waals surface area (Å²) in [6.45, 7) is 1.24. The van der Waals surface area contributed by atoms with Gasteiger partial charge >= 0.3 is 0 Å². The number of aromatic amines is 1. The van der Waals surface area contributed by atoms with Crippen LogP contribution in [0.4, 0.5) is 0 Å². The second-order valence-electron chi connectivity index (χ2n) is 4.76. The third kappa shape index (κ3) is 4.72. The van der Waals surface area contributed by atoms with E-state index in [0.717, 1.165) is 12.8 Å². The van der Waals surface area contributed by atoms with Crippen molar-refractivity contribution in [1.82, 2.24) is 10.3 Å². The van der Waals surface area contributed by atoms with Gasteiger partial charge in [-0.3, -0.25) is 9.59 Å². The van der Waals surface area contributed by atoms with Crippen molar-refractivity contribution < 1.29 is 9.59 Å². The van der Waals surface area contributed by atoms with E-state index in [2.05, 4.69) is 10.3 Å². The van der Waals surface area contributed by atoms with Crippen LogP contribution in [0.15, 0.2) is 42.7 Å². The van der Waals surface area contributed by atoms with Gasteiger partial charge in [0.25, 0.3) is 5.91 Å². The van der Waals surface area contributed by atoms with E-state index in [1.165, 1.54) is 0 Å². The maximum atomic E-state index is 12.1. The maximum Gasteiger partial charge on any atom is 0.251 e.